The number of amides is 2. The number of esters is 1. The monoisotopic (exact) mass is 961 g/mol. The van der Waals surface area contributed by atoms with E-state index >= 15 is 0 Å². The van der Waals surface area contributed by atoms with Crippen LogP contribution in [-0.2, 0) is 60.0 Å². The first-order valence-corrected chi connectivity index (χ1v) is 25.4. The lowest BCUT2D eigenvalue weighted by Crippen LogP contribution is -2.25. The second-order valence-electron chi connectivity index (χ2n) is 18.2. The van der Waals surface area contributed by atoms with Gasteiger partial charge in [-0.25, -0.2) is 14.8 Å². The highest BCUT2D eigenvalue weighted by Crippen LogP contribution is 2.24. The van der Waals surface area contributed by atoms with E-state index in [2.05, 4.69) is 62.4 Å². The summed E-state index contributed by atoms with van der Waals surface area (Å²) in [5.41, 5.74) is 7.48. The van der Waals surface area contributed by atoms with Gasteiger partial charge in [0.1, 0.15) is 17.4 Å². The van der Waals surface area contributed by atoms with Crippen molar-refractivity contribution in [1.29, 1.82) is 0 Å². The van der Waals surface area contributed by atoms with Gasteiger partial charge in [0, 0.05) is 64.5 Å². The van der Waals surface area contributed by atoms with E-state index in [1.165, 1.54) is 12.7 Å². The fourth-order valence-electron chi connectivity index (χ4n) is 8.40. The third kappa shape index (κ3) is 19.8. The standard InChI is InChI=1S/C58H72N8O5/c1-4-6-10-27-56(67)63-54-25-18-23-51(61-54)43-65(41-49-21-13-15-33-59-49)39-46-36-47(38-53(37-46)71-35-17-9-8-12-20-45-29-31-48(32-30-45)58(69)70-3)40-66(42-50-22-14-16-34-60-50)44-52-24-19-26-55(62-52)64-57(68)28-11-7-5-2/h13-16,18-19,21-26,29-34,36-38H,4-12,17,20,27-28,35,39-44H2,1-3H3,(H,61,63,67)(H,62,64,68). The summed E-state index contributed by atoms with van der Waals surface area (Å²) in [5.74, 6) is 1.54. The number of unbranched alkanes of at least 4 members (excludes halogenated alkanes) is 7. The number of nitrogens with zero attached hydrogens (tertiary/aromatic N) is 6. The van der Waals surface area contributed by atoms with Crippen LogP contribution in [0.2, 0.25) is 0 Å². The van der Waals surface area contributed by atoms with Crippen LogP contribution in [0, 0.1) is 0 Å². The zero-order valence-corrected chi connectivity index (χ0v) is 42.0. The molecule has 0 spiro atoms. The van der Waals surface area contributed by atoms with Gasteiger partial charge in [-0.1, -0.05) is 94.8 Å². The lowest BCUT2D eigenvalue weighted by Gasteiger charge is -2.25. The minimum Gasteiger partial charge on any atom is -0.494 e. The van der Waals surface area contributed by atoms with Crippen LogP contribution in [-0.4, -0.2) is 61.2 Å². The van der Waals surface area contributed by atoms with Crippen molar-refractivity contribution in [3.63, 3.8) is 0 Å². The van der Waals surface area contributed by atoms with Crippen LogP contribution in [0.1, 0.15) is 141 Å². The van der Waals surface area contributed by atoms with E-state index in [-0.39, 0.29) is 17.8 Å². The van der Waals surface area contributed by atoms with Crippen LogP contribution < -0.4 is 15.4 Å². The molecule has 0 saturated carbocycles. The molecule has 0 aliphatic rings. The van der Waals surface area contributed by atoms with E-state index in [4.69, 9.17) is 19.4 Å². The molecule has 0 atom stereocenters. The van der Waals surface area contributed by atoms with E-state index in [9.17, 15) is 14.4 Å². The van der Waals surface area contributed by atoms with Crippen molar-refractivity contribution in [3.05, 3.63) is 173 Å². The highest BCUT2D eigenvalue weighted by Gasteiger charge is 2.17. The Morgan fingerprint density at radius 2 is 1.01 bits per heavy atom. The van der Waals surface area contributed by atoms with Gasteiger partial charge < -0.3 is 20.1 Å². The van der Waals surface area contributed by atoms with Crippen LogP contribution in [0.3, 0.4) is 0 Å². The van der Waals surface area contributed by atoms with Crippen LogP contribution in [0.5, 0.6) is 5.75 Å². The maximum absolute atomic E-state index is 12.8. The topological polar surface area (TPSA) is 152 Å². The number of anilines is 2. The number of hydrogen-bond acceptors (Lipinski definition) is 11. The molecular formula is C58H72N8O5. The van der Waals surface area contributed by atoms with Gasteiger partial charge in [0.05, 0.1) is 42.1 Å². The Morgan fingerprint density at radius 1 is 0.507 bits per heavy atom. The summed E-state index contributed by atoms with van der Waals surface area (Å²) in [6, 6.07) is 37.7. The largest absolute Gasteiger partial charge is 0.494 e. The minimum absolute atomic E-state index is 0.0214. The Bertz CT molecular complexity index is 2390. The summed E-state index contributed by atoms with van der Waals surface area (Å²) in [6.07, 6.45) is 15.4. The molecule has 4 aromatic heterocycles. The maximum Gasteiger partial charge on any atom is 0.337 e. The molecule has 6 aromatic rings. The zero-order valence-electron chi connectivity index (χ0n) is 42.0. The first-order valence-electron chi connectivity index (χ1n) is 25.4. The van der Waals surface area contributed by atoms with Crippen LogP contribution >= 0.6 is 0 Å². The number of hydrogen-bond donors (Lipinski definition) is 2. The smallest absolute Gasteiger partial charge is 0.337 e. The number of methoxy groups -OCH3 is 1. The van der Waals surface area contributed by atoms with Crippen molar-refractivity contribution in [3.8, 4) is 5.75 Å². The molecule has 374 valence electrons. The fourth-order valence-corrected chi connectivity index (χ4v) is 8.40. The highest BCUT2D eigenvalue weighted by atomic mass is 16.5. The third-order valence-electron chi connectivity index (χ3n) is 12.0. The number of carbonyl (C=O) groups excluding carboxylic acids is 3. The quantitative estimate of drug-likeness (QED) is 0.0316. The molecule has 0 bridgehead atoms. The Labute approximate surface area is 420 Å². The number of benzene rings is 2. The van der Waals surface area contributed by atoms with Gasteiger partial charge in [0.2, 0.25) is 11.8 Å². The number of pyridine rings is 4. The third-order valence-corrected chi connectivity index (χ3v) is 12.0. The van der Waals surface area contributed by atoms with Crippen molar-refractivity contribution in [2.45, 2.75) is 137 Å². The molecule has 13 nitrogen and oxygen atoms in total. The highest BCUT2D eigenvalue weighted by molar-refractivity contribution is 5.90. The molecule has 0 radical (unpaired) electrons. The number of carbonyl (C=O) groups is 3. The molecule has 0 aliphatic heterocycles. The molecule has 2 amide bonds. The predicted octanol–water partition coefficient (Wildman–Crippen LogP) is 11.7. The lowest BCUT2D eigenvalue weighted by atomic mass is 10.0. The molecule has 6 rings (SSSR count). The van der Waals surface area contributed by atoms with E-state index < -0.39 is 0 Å². The Morgan fingerprint density at radius 3 is 1.51 bits per heavy atom. The van der Waals surface area contributed by atoms with Crippen LogP contribution in [0.4, 0.5) is 11.6 Å². The van der Waals surface area contributed by atoms with Crippen molar-refractivity contribution in [2.75, 3.05) is 24.4 Å². The number of aryl methyl sites for hydroxylation is 1. The van der Waals surface area contributed by atoms with Crippen LogP contribution in [0.25, 0.3) is 0 Å². The van der Waals surface area contributed by atoms with Gasteiger partial charge in [-0.2, -0.15) is 0 Å². The Kier molecular flexibility index (Phi) is 22.6. The molecule has 2 aromatic carbocycles. The first kappa shape index (κ1) is 53.5. The van der Waals surface area contributed by atoms with Gasteiger partial charge in [0.25, 0.3) is 0 Å². The first-order chi connectivity index (χ1) is 34.7. The molecule has 0 fully saturated rings. The molecule has 71 heavy (non-hydrogen) atoms. The SMILES string of the molecule is CCCCCC(=O)Nc1cccc(CN(Cc2cc(CN(Cc3ccccn3)Cc3cccc(NC(=O)CCCCC)n3)cc(OCCCCCCc3ccc(C(=O)OC)cc3)c2)Cc2ccccn2)n1. The predicted molar refractivity (Wildman–Crippen MR) is 280 cm³/mol. The summed E-state index contributed by atoms with van der Waals surface area (Å²) < 4.78 is 11.4. The fraction of sp³-hybridized carbons (Fsp3) is 0.397. The molecule has 0 saturated heterocycles. The molecule has 0 unspecified atom stereocenters. The van der Waals surface area contributed by atoms with Gasteiger partial charge in [-0.3, -0.25) is 29.4 Å². The minimum atomic E-state index is -0.323. The summed E-state index contributed by atoms with van der Waals surface area (Å²) >= 11 is 0. The maximum atomic E-state index is 12.8. The van der Waals surface area contributed by atoms with Crippen molar-refractivity contribution in [1.82, 2.24) is 29.7 Å². The summed E-state index contributed by atoms with van der Waals surface area (Å²) in [7, 11) is 1.40. The second kappa shape index (κ2) is 30.0. The van der Waals surface area contributed by atoms with E-state index in [1.54, 1.807) is 0 Å². The normalized spacial score (nSPS) is 11.2. The number of ether oxygens (including phenoxy) is 2. The van der Waals surface area contributed by atoms with Gasteiger partial charge in [-0.05, 0) is 122 Å². The van der Waals surface area contributed by atoms with Crippen molar-refractivity contribution < 1.29 is 23.9 Å². The van der Waals surface area contributed by atoms with Gasteiger partial charge in [-0.15, -0.1) is 0 Å². The van der Waals surface area contributed by atoms with E-state index in [1.807, 2.05) is 109 Å². The number of aromatic nitrogens is 4. The van der Waals surface area contributed by atoms with E-state index in [0.29, 0.717) is 75.9 Å². The summed E-state index contributed by atoms with van der Waals surface area (Å²) in [5, 5.41) is 6.02. The Hall–Kier alpha value is -6.83. The molecular weight excluding hydrogens is 889 g/mol. The Balaban J connectivity index is 1.21. The molecule has 13 heteroatoms. The molecule has 0 aliphatic carbocycles. The summed E-state index contributed by atoms with van der Waals surface area (Å²) in [6.45, 7) is 8.20. The summed E-state index contributed by atoms with van der Waals surface area (Å²) in [4.78, 5) is 61.1. The molecule has 4 heterocycles. The van der Waals surface area contributed by atoms with Crippen molar-refractivity contribution >= 4 is 29.4 Å². The lowest BCUT2D eigenvalue weighted by molar-refractivity contribution is -0.117. The van der Waals surface area contributed by atoms with Gasteiger partial charge >= 0.3 is 5.97 Å². The zero-order chi connectivity index (χ0) is 49.9. The molecule has 2 N–H and O–H groups in total. The number of nitrogens with one attached hydrogen (secondary N) is 2. The second-order valence-corrected chi connectivity index (χ2v) is 18.2. The average Bonchev–Trinajstić information content (AvgIpc) is 3.37. The van der Waals surface area contributed by atoms with Crippen LogP contribution in [0.15, 0.2) is 128 Å². The van der Waals surface area contributed by atoms with Gasteiger partial charge in [0.15, 0.2) is 0 Å². The van der Waals surface area contributed by atoms with E-state index in [0.717, 1.165) is 110 Å². The average molecular weight is 961 g/mol. The van der Waals surface area contributed by atoms with Crippen molar-refractivity contribution in [2.24, 2.45) is 0 Å². The number of rotatable bonds is 31.